The summed E-state index contributed by atoms with van der Waals surface area (Å²) in [5.41, 5.74) is -0.155. The van der Waals surface area contributed by atoms with E-state index in [0.717, 1.165) is 0 Å². The van der Waals surface area contributed by atoms with Crippen molar-refractivity contribution in [3.05, 3.63) is 32.8 Å². The molecule has 1 aliphatic rings. The molecule has 0 aromatic heterocycles. The number of piperazine rings is 1. The number of hydrogen-bond acceptors (Lipinski definition) is 5. The second kappa shape index (κ2) is 5.76. The average molecular weight is 364 g/mol. The molecule has 2 rings (SSSR count). The third-order valence-corrected chi connectivity index (χ3v) is 5.58. The highest BCUT2D eigenvalue weighted by Crippen LogP contribution is 2.29. The Bertz CT molecular complexity index is 635. The van der Waals surface area contributed by atoms with Crippen molar-refractivity contribution in [2.75, 3.05) is 19.6 Å². The number of benzene rings is 1. The first kappa shape index (κ1) is 15.4. The molecule has 1 atom stereocenters. The molecule has 110 valence electrons. The number of rotatable bonds is 3. The highest BCUT2D eigenvalue weighted by Gasteiger charge is 2.29. The van der Waals surface area contributed by atoms with Gasteiger partial charge in [-0.1, -0.05) is 0 Å². The van der Waals surface area contributed by atoms with Crippen molar-refractivity contribution >= 4 is 31.6 Å². The van der Waals surface area contributed by atoms with E-state index in [1.165, 1.54) is 22.5 Å². The lowest BCUT2D eigenvalue weighted by Crippen LogP contribution is -2.51. The minimum atomic E-state index is -3.62. The van der Waals surface area contributed by atoms with Crippen LogP contribution in [0.2, 0.25) is 0 Å². The van der Waals surface area contributed by atoms with Crippen LogP contribution in [-0.2, 0) is 10.0 Å². The predicted molar refractivity (Wildman–Crippen MR) is 77.0 cm³/mol. The predicted octanol–water partition coefficient (Wildman–Crippen LogP) is 1.34. The van der Waals surface area contributed by atoms with Crippen molar-refractivity contribution in [3.63, 3.8) is 0 Å². The van der Waals surface area contributed by atoms with E-state index in [1.807, 2.05) is 6.92 Å². The maximum absolute atomic E-state index is 12.5. The molecule has 1 unspecified atom stereocenters. The Hall–Kier alpha value is -1.03. The molecular weight excluding hydrogens is 350 g/mol. The van der Waals surface area contributed by atoms with Crippen LogP contribution in [0.25, 0.3) is 0 Å². The lowest BCUT2D eigenvalue weighted by Gasteiger charge is -2.31. The van der Waals surface area contributed by atoms with Crippen LogP contribution in [-0.4, -0.2) is 43.3 Å². The Balaban J connectivity index is 2.34. The van der Waals surface area contributed by atoms with Gasteiger partial charge in [0.05, 0.1) is 14.3 Å². The van der Waals surface area contributed by atoms with E-state index in [-0.39, 0.29) is 21.1 Å². The minimum Gasteiger partial charge on any atom is -0.312 e. The Morgan fingerprint density at radius 2 is 2.20 bits per heavy atom. The van der Waals surface area contributed by atoms with E-state index in [4.69, 9.17) is 0 Å². The molecule has 1 saturated heterocycles. The molecule has 0 saturated carbocycles. The lowest BCUT2D eigenvalue weighted by atomic mass is 10.3. The number of nitro benzene ring substituents is 1. The summed E-state index contributed by atoms with van der Waals surface area (Å²) in [6, 6.07) is 3.83. The summed E-state index contributed by atoms with van der Waals surface area (Å²) in [5, 5.41) is 13.9. The van der Waals surface area contributed by atoms with Crippen molar-refractivity contribution in [1.82, 2.24) is 9.62 Å². The smallest absolute Gasteiger partial charge is 0.283 e. The molecule has 1 fully saturated rings. The summed E-state index contributed by atoms with van der Waals surface area (Å²) in [6.45, 7) is 3.28. The van der Waals surface area contributed by atoms with Gasteiger partial charge in [0, 0.05) is 31.7 Å². The third-order valence-electron chi connectivity index (χ3n) is 3.09. The summed E-state index contributed by atoms with van der Waals surface area (Å²) in [5.74, 6) is 0. The quantitative estimate of drug-likeness (QED) is 0.646. The topological polar surface area (TPSA) is 92.5 Å². The Morgan fingerprint density at radius 1 is 1.50 bits per heavy atom. The van der Waals surface area contributed by atoms with Crippen LogP contribution in [0, 0.1) is 10.1 Å². The zero-order chi connectivity index (χ0) is 14.9. The van der Waals surface area contributed by atoms with Crippen LogP contribution in [0.4, 0.5) is 5.69 Å². The zero-order valence-corrected chi connectivity index (χ0v) is 13.1. The molecule has 0 spiro atoms. The van der Waals surface area contributed by atoms with E-state index in [1.54, 1.807) is 0 Å². The second-order valence-electron chi connectivity index (χ2n) is 4.59. The van der Waals surface area contributed by atoms with Gasteiger partial charge in [-0.15, -0.1) is 0 Å². The van der Waals surface area contributed by atoms with E-state index in [0.29, 0.717) is 19.6 Å². The molecule has 0 amide bonds. The van der Waals surface area contributed by atoms with Crippen LogP contribution in [0.5, 0.6) is 0 Å². The molecule has 0 bridgehead atoms. The molecule has 1 aliphatic heterocycles. The number of nitro groups is 1. The fourth-order valence-electron chi connectivity index (χ4n) is 2.06. The molecule has 1 aromatic carbocycles. The highest BCUT2D eigenvalue weighted by molar-refractivity contribution is 9.10. The maximum atomic E-state index is 12.5. The van der Waals surface area contributed by atoms with Crippen LogP contribution in [0.15, 0.2) is 27.6 Å². The first-order valence-corrected chi connectivity index (χ1v) is 8.23. The molecular formula is C11H14BrN3O4S. The van der Waals surface area contributed by atoms with Crippen LogP contribution >= 0.6 is 15.9 Å². The van der Waals surface area contributed by atoms with E-state index in [2.05, 4.69) is 21.2 Å². The van der Waals surface area contributed by atoms with Crippen molar-refractivity contribution in [2.45, 2.75) is 17.9 Å². The number of nitrogens with zero attached hydrogens (tertiary/aromatic N) is 2. The van der Waals surface area contributed by atoms with Gasteiger partial charge in [0.25, 0.3) is 5.69 Å². The van der Waals surface area contributed by atoms with Gasteiger partial charge >= 0.3 is 0 Å². The summed E-state index contributed by atoms with van der Waals surface area (Å²) < 4.78 is 26.5. The van der Waals surface area contributed by atoms with Crippen molar-refractivity contribution in [2.24, 2.45) is 0 Å². The maximum Gasteiger partial charge on any atom is 0.283 e. The van der Waals surface area contributed by atoms with E-state index < -0.39 is 14.9 Å². The van der Waals surface area contributed by atoms with Crippen molar-refractivity contribution < 1.29 is 13.3 Å². The molecule has 0 radical (unpaired) electrons. The first-order chi connectivity index (χ1) is 9.32. The Kier molecular flexibility index (Phi) is 4.43. The Labute approximate surface area is 125 Å². The summed E-state index contributed by atoms with van der Waals surface area (Å²) in [6.07, 6.45) is 0. The third kappa shape index (κ3) is 3.00. The van der Waals surface area contributed by atoms with Gasteiger partial charge in [-0.2, -0.15) is 4.31 Å². The Morgan fingerprint density at radius 3 is 2.75 bits per heavy atom. The fraction of sp³-hybridized carbons (Fsp3) is 0.455. The van der Waals surface area contributed by atoms with E-state index in [9.17, 15) is 18.5 Å². The van der Waals surface area contributed by atoms with Gasteiger partial charge in [-0.3, -0.25) is 10.1 Å². The van der Waals surface area contributed by atoms with Crippen LogP contribution in [0.3, 0.4) is 0 Å². The number of hydrogen-bond donors (Lipinski definition) is 1. The minimum absolute atomic E-state index is 0.0593. The molecule has 0 aliphatic carbocycles. The molecule has 1 N–H and O–H groups in total. The monoisotopic (exact) mass is 363 g/mol. The molecule has 7 nitrogen and oxygen atoms in total. The van der Waals surface area contributed by atoms with Gasteiger partial charge < -0.3 is 5.32 Å². The number of halogens is 1. The zero-order valence-electron chi connectivity index (χ0n) is 10.7. The van der Waals surface area contributed by atoms with Crippen molar-refractivity contribution in [3.8, 4) is 0 Å². The van der Waals surface area contributed by atoms with Gasteiger partial charge in [-0.05, 0) is 35.0 Å². The standard InChI is InChI=1S/C11H14BrN3O4S/c1-8-7-14(5-4-13-8)20(18,19)9-2-3-11(15(16)17)10(12)6-9/h2-3,6,8,13H,4-5,7H2,1H3. The molecule has 20 heavy (non-hydrogen) atoms. The number of sulfonamides is 1. The molecule has 1 heterocycles. The van der Waals surface area contributed by atoms with Crippen molar-refractivity contribution in [1.29, 1.82) is 0 Å². The first-order valence-electron chi connectivity index (χ1n) is 6.00. The molecule has 9 heteroatoms. The normalized spacial score (nSPS) is 20.8. The van der Waals surface area contributed by atoms with Crippen LogP contribution in [0.1, 0.15) is 6.92 Å². The van der Waals surface area contributed by atoms with E-state index >= 15 is 0 Å². The average Bonchev–Trinajstić information content (AvgIpc) is 2.38. The fourth-order valence-corrected chi connectivity index (χ4v) is 4.29. The summed E-state index contributed by atoms with van der Waals surface area (Å²) >= 11 is 3.04. The SMILES string of the molecule is CC1CN(S(=O)(=O)c2ccc([N+](=O)[O-])c(Br)c2)CCN1. The van der Waals surface area contributed by atoms with Gasteiger partial charge in [0.1, 0.15) is 0 Å². The van der Waals surface area contributed by atoms with Crippen LogP contribution < -0.4 is 5.32 Å². The summed E-state index contributed by atoms with van der Waals surface area (Å²) in [7, 11) is -3.62. The summed E-state index contributed by atoms with van der Waals surface area (Å²) in [4.78, 5) is 10.2. The van der Waals surface area contributed by atoms with Gasteiger partial charge in [0.15, 0.2) is 0 Å². The number of nitrogens with one attached hydrogen (secondary N) is 1. The lowest BCUT2D eigenvalue weighted by molar-refractivity contribution is -0.385. The van der Waals surface area contributed by atoms with Gasteiger partial charge in [-0.25, -0.2) is 8.42 Å². The molecule has 1 aromatic rings. The largest absolute Gasteiger partial charge is 0.312 e. The second-order valence-corrected chi connectivity index (χ2v) is 7.38. The van der Waals surface area contributed by atoms with Gasteiger partial charge in [0.2, 0.25) is 10.0 Å². The highest BCUT2D eigenvalue weighted by atomic mass is 79.9.